The number of rotatable bonds is 7. The quantitative estimate of drug-likeness (QED) is 0.721. The highest BCUT2D eigenvalue weighted by atomic mass is 35.5. The van der Waals surface area contributed by atoms with Gasteiger partial charge in [0.1, 0.15) is 6.54 Å². The van der Waals surface area contributed by atoms with Crippen LogP contribution in [0.15, 0.2) is 0 Å². The van der Waals surface area contributed by atoms with Crippen LogP contribution in [0.3, 0.4) is 0 Å². The van der Waals surface area contributed by atoms with Crippen molar-refractivity contribution in [2.24, 2.45) is 17.8 Å². The summed E-state index contributed by atoms with van der Waals surface area (Å²) in [5.41, 5.74) is 0. The third kappa shape index (κ3) is 5.67. The summed E-state index contributed by atoms with van der Waals surface area (Å²) in [6.07, 6.45) is 0. The second kappa shape index (κ2) is 9.19. The van der Waals surface area contributed by atoms with Crippen molar-refractivity contribution in [3.8, 4) is 0 Å². The molecule has 1 N–H and O–H groups in total. The predicted molar refractivity (Wildman–Crippen MR) is 80.8 cm³/mol. The van der Waals surface area contributed by atoms with Crippen LogP contribution in [0.1, 0.15) is 27.7 Å². The van der Waals surface area contributed by atoms with E-state index in [9.17, 15) is 9.59 Å². The first-order valence-corrected chi connectivity index (χ1v) is 7.10. The molecular formula is C14H27ClN2O3. The van der Waals surface area contributed by atoms with Gasteiger partial charge in [0.25, 0.3) is 0 Å². The number of carbonyl (C=O) groups excluding carboxylic acids is 2. The van der Waals surface area contributed by atoms with Gasteiger partial charge in [-0.05, 0) is 31.8 Å². The third-order valence-corrected chi connectivity index (χ3v) is 3.43. The number of esters is 1. The fourth-order valence-electron chi connectivity index (χ4n) is 2.19. The lowest BCUT2D eigenvalue weighted by molar-refractivity contribution is -0.151. The molecule has 118 valence electrons. The van der Waals surface area contributed by atoms with Crippen LogP contribution in [-0.2, 0) is 14.3 Å². The zero-order valence-corrected chi connectivity index (χ0v) is 13.7. The largest absolute Gasteiger partial charge is 0.465 e. The van der Waals surface area contributed by atoms with Gasteiger partial charge in [-0.3, -0.25) is 9.59 Å². The molecule has 1 saturated heterocycles. The van der Waals surface area contributed by atoms with E-state index in [2.05, 4.69) is 5.32 Å². The van der Waals surface area contributed by atoms with E-state index in [1.165, 1.54) is 0 Å². The standard InChI is InChI=1S/C14H26N2O3.ClH/c1-5-19-13(17)9-16(8-10(2)3)14(18)11(4)12-6-15-7-12;/h10-12,15H,5-9H2,1-4H3;1H. The summed E-state index contributed by atoms with van der Waals surface area (Å²) in [4.78, 5) is 25.7. The van der Waals surface area contributed by atoms with Crippen molar-refractivity contribution in [1.29, 1.82) is 0 Å². The molecule has 1 fully saturated rings. The molecule has 0 aliphatic carbocycles. The van der Waals surface area contributed by atoms with E-state index in [1.807, 2.05) is 20.8 Å². The van der Waals surface area contributed by atoms with Crippen LogP contribution in [0.2, 0.25) is 0 Å². The number of carbonyl (C=O) groups is 2. The number of ether oxygens (including phenoxy) is 1. The number of halogens is 1. The molecule has 0 aromatic rings. The van der Waals surface area contributed by atoms with Gasteiger partial charge < -0.3 is 15.0 Å². The van der Waals surface area contributed by atoms with E-state index in [-0.39, 0.29) is 36.7 Å². The number of amides is 1. The Balaban J connectivity index is 0.00000361. The summed E-state index contributed by atoms with van der Waals surface area (Å²) < 4.78 is 4.94. The molecule has 1 aliphatic rings. The van der Waals surface area contributed by atoms with Crippen molar-refractivity contribution in [3.63, 3.8) is 0 Å². The number of nitrogens with zero attached hydrogens (tertiary/aromatic N) is 1. The molecule has 1 atom stereocenters. The second-order valence-corrected chi connectivity index (χ2v) is 5.62. The van der Waals surface area contributed by atoms with Crippen LogP contribution < -0.4 is 5.32 Å². The highest BCUT2D eigenvalue weighted by Crippen LogP contribution is 2.19. The molecule has 5 nitrogen and oxygen atoms in total. The predicted octanol–water partition coefficient (Wildman–Crippen LogP) is 1.31. The maximum absolute atomic E-state index is 12.4. The summed E-state index contributed by atoms with van der Waals surface area (Å²) >= 11 is 0. The Morgan fingerprint density at radius 1 is 1.30 bits per heavy atom. The van der Waals surface area contributed by atoms with Crippen molar-refractivity contribution in [3.05, 3.63) is 0 Å². The number of hydrogen-bond donors (Lipinski definition) is 1. The molecule has 6 heteroatoms. The summed E-state index contributed by atoms with van der Waals surface area (Å²) in [6.45, 7) is 10.6. The summed E-state index contributed by atoms with van der Waals surface area (Å²) in [5.74, 6) is 0.438. The molecule has 0 aromatic heterocycles. The van der Waals surface area contributed by atoms with Crippen molar-refractivity contribution >= 4 is 24.3 Å². The summed E-state index contributed by atoms with van der Waals surface area (Å²) in [7, 11) is 0. The van der Waals surface area contributed by atoms with Crippen molar-refractivity contribution in [2.75, 3.05) is 32.8 Å². The molecule has 1 rings (SSSR count). The van der Waals surface area contributed by atoms with Gasteiger partial charge in [0.05, 0.1) is 6.61 Å². The normalized spacial score (nSPS) is 16.1. The number of hydrogen-bond acceptors (Lipinski definition) is 4. The highest BCUT2D eigenvalue weighted by molar-refractivity contribution is 5.85. The molecular weight excluding hydrogens is 280 g/mol. The monoisotopic (exact) mass is 306 g/mol. The maximum atomic E-state index is 12.4. The Bertz CT molecular complexity index is 320. The molecule has 0 saturated carbocycles. The molecule has 0 aromatic carbocycles. The van der Waals surface area contributed by atoms with Crippen LogP contribution in [0, 0.1) is 17.8 Å². The lowest BCUT2D eigenvalue weighted by Crippen LogP contribution is -2.51. The SMILES string of the molecule is CCOC(=O)CN(CC(C)C)C(=O)C(C)C1CNC1.Cl. The first kappa shape index (κ1) is 19.2. The van der Waals surface area contributed by atoms with Crippen LogP contribution >= 0.6 is 12.4 Å². The Hall–Kier alpha value is -0.810. The van der Waals surface area contributed by atoms with Gasteiger partial charge in [0, 0.05) is 12.5 Å². The van der Waals surface area contributed by atoms with Crippen molar-refractivity contribution < 1.29 is 14.3 Å². The minimum Gasteiger partial charge on any atom is -0.465 e. The van der Waals surface area contributed by atoms with Crippen LogP contribution in [0.4, 0.5) is 0 Å². The van der Waals surface area contributed by atoms with Gasteiger partial charge in [-0.15, -0.1) is 12.4 Å². The smallest absolute Gasteiger partial charge is 0.325 e. The van der Waals surface area contributed by atoms with E-state index < -0.39 is 0 Å². The van der Waals surface area contributed by atoms with E-state index in [1.54, 1.807) is 11.8 Å². The average molecular weight is 307 g/mol. The fraction of sp³-hybridized carbons (Fsp3) is 0.857. The molecule has 1 heterocycles. The van der Waals surface area contributed by atoms with Crippen LogP contribution in [0.5, 0.6) is 0 Å². The van der Waals surface area contributed by atoms with Gasteiger partial charge in [-0.1, -0.05) is 20.8 Å². The summed E-state index contributed by atoms with van der Waals surface area (Å²) in [6, 6.07) is 0. The molecule has 0 radical (unpaired) electrons. The highest BCUT2D eigenvalue weighted by Gasteiger charge is 2.32. The fourth-order valence-corrected chi connectivity index (χ4v) is 2.19. The van der Waals surface area contributed by atoms with Gasteiger partial charge in [0.2, 0.25) is 5.91 Å². The topological polar surface area (TPSA) is 58.6 Å². The molecule has 20 heavy (non-hydrogen) atoms. The van der Waals surface area contributed by atoms with E-state index in [0.717, 1.165) is 13.1 Å². The summed E-state index contributed by atoms with van der Waals surface area (Å²) in [5, 5.41) is 3.18. The second-order valence-electron chi connectivity index (χ2n) is 5.62. The molecule has 1 aliphatic heterocycles. The van der Waals surface area contributed by atoms with Gasteiger partial charge >= 0.3 is 5.97 Å². The Morgan fingerprint density at radius 2 is 1.90 bits per heavy atom. The van der Waals surface area contributed by atoms with E-state index in [4.69, 9.17) is 4.74 Å². The zero-order chi connectivity index (χ0) is 14.4. The maximum Gasteiger partial charge on any atom is 0.325 e. The van der Waals surface area contributed by atoms with E-state index in [0.29, 0.717) is 25.0 Å². The third-order valence-electron chi connectivity index (χ3n) is 3.43. The van der Waals surface area contributed by atoms with Crippen LogP contribution in [0.25, 0.3) is 0 Å². The minimum absolute atomic E-state index is 0. The van der Waals surface area contributed by atoms with Crippen LogP contribution in [-0.4, -0.2) is 49.6 Å². The molecule has 0 spiro atoms. The van der Waals surface area contributed by atoms with Crippen molar-refractivity contribution in [2.45, 2.75) is 27.7 Å². The van der Waals surface area contributed by atoms with Gasteiger partial charge in [-0.2, -0.15) is 0 Å². The molecule has 0 bridgehead atoms. The Labute approximate surface area is 127 Å². The van der Waals surface area contributed by atoms with Gasteiger partial charge in [-0.25, -0.2) is 0 Å². The molecule has 1 unspecified atom stereocenters. The van der Waals surface area contributed by atoms with E-state index >= 15 is 0 Å². The van der Waals surface area contributed by atoms with Crippen molar-refractivity contribution in [1.82, 2.24) is 10.2 Å². The Kier molecular flexibility index (Phi) is 8.81. The Morgan fingerprint density at radius 3 is 2.30 bits per heavy atom. The zero-order valence-electron chi connectivity index (χ0n) is 12.8. The lowest BCUT2D eigenvalue weighted by Gasteiger charge is -2.35. The number of nitrogens with one attached hydrogen (secondary N) is 1. The minimum atomic E-state index is -0.324. The average Bonchev–Trinajstić information content (AvgIpc) is 2.24. The first-order chi connectivity index (χ1) is 8.95. The molecule has 1 amide bonds. The van der Waals surface area contributed by atoms with Gasteiger partial charge in [0.15, 0.2) is 0 Å². The first-order valence-electron chi connectivity index (χ1n) is 7.10. The lowest BCUT2D eigenvalue weighted by atomic mass is 9.87.